The highest BCUT2D eigenvalue weighted by molar-refractivity contribution is 9.10. The van der Waals surface area contributed by atoms with Crippen molar-refractivity contribution in [2.24, 2.45) is 0 Å². The summed E-state index contributed by atoms with van der Waals surface area (Å²) in [5, 5.41) is 8.15. The van der Waals surface area contributed by atoms with Crippen molar-refractivity contribution in [3.8, 4) is 0 Å². The second-order valence-electron chi connectivity index (χ2n) is 5.65. The van der Waals surface area contributed by atoms with Gasteiger partial charge in [0.2, 0.25) is 0 Å². The van der Waals surface area contributed by atoms with Crippen LogP contribution in [0.3, 0.4) is 0 Å². The first-order valence-corrected chi connectivity index (χ1v) is 8.36. The van der Waals surface area contributed by atoms with Gasteiger partial charge in [0.25, 0.3) is 0 Å². The summed E-state index contributed by atoms with van der Waals surface area (Å²) in [6.45, 7) is 9.68. The molecule has 1 aromatic carbocycles. The van der Waals surface area contributed by atoms with Crippen molar-refractivity contribution in [2.45, 2.75) is 45.7 Å². The van der Waals surface area contributed by atoms with E-state index in [1.165, 1.54) is 11.3 Å². The summed E-state index contributed by atoms with van der Waals surface area (Å²) < 4.78 is 3.18. The maximum absolute atomic E-state index is 4.52. The van der Waals surface area contributed by atoms with Crippen LogP contribution in [0.5, 0.6) is 0 Å². The topological polar surface area (TPSA) is 29.9 Å². The number of benzene rings is 1. The van der Waals surface area contributed by atoms with Gasteiger partial charge in [0.1, 0.15) is 0 Å². The lowest BCUT2D eigenvalue weighted by atomic mass is 9.91. The van der Waals surface area contributed by atoms with Gasteiger partial charge in [-0.1, -0.05) is 44.2 Å². The number of nitrogens with zero attached hydrogens (tertiary/aromatic N) is 2. The van der Waals surface area contributed by atoms with Gasteiger partial charge in [-0.05, 0) is 41.9 Å². The van der Waals surface area contributed by atoms with E-state index in [0.717, 1.165) is 11.0 Å². The predicted octanol–water partition coefficient (Wildman–Crippen LogP) is 4.68. The molecule has 0 radical (unpaired) electrons. The number of nitrogens with one attached hydrogen (secondary N) is 1. The van der Waals surface area contributed by atoms with Crippen LogP contribution in [0.15, 0.2) is 41.0 Å². The zero-order chi connectivity index (χ0) is 15.4. The van der Waals surface area contributed by atoms with Crippen molar-refractivity contribution >= 4 is 15.9 Å². The number of hydrogen-bond acceptors (Lipinski definition) is 2. The minimum Gasteiger partial charge on any atom is -0.308 e. The molecule has 2 rings (SSSR count). The first-order valence-electron chi connectivity index (χ1n) is 7.57. The van der Waals surface area contributed by atoms with Crippen LogP contribution in [0, 0.1) is 0 Å². The van der Waals surface area contributed by atoms with Crippen molar-refractivity contribution in [3.63, 3.8) is 0 Å². The van der Waals surface area contributed by atoms with Gasteiger partial charge in [-0.2, -0.15) is 5.10 Å². The summed E-state index contributed by atoms with van der Waals surface area (Å²) >= 11 is 3.67. The molecule has 0 spiro atoms. The van der Waals surface area contributed by atoms with E-state index in [2.05, 4.69) is 89.1 Å². The third-order valence-electron chi connectivity index (χ3n) is 3.82. The Morgan fingerprint density at radius 3 is 2.43 bits per heavy atom. The van der Waals surface area contributed by atoms with Crippen LogP contribution < -0.4 is 5.32 Å². The Labute approximate surface area is 135 Å². The number of aromatic nitrogens is 2. The average Bonchev–Trinajstić information content (AvgIpc) is 2.87. The molecule has 3 nitrogen and oxygen atoms in total. The Morgan fingerprint density at radius 2 is 1.86 bits per heavy atom. The molecule has 0 fully saturated rings. The summed E-state index contributed by atoms with van der Waals surface area (Å²) in [5.74, 6) is 0.372. The summed E-state index contributed by atoms with van der Waals surface area (Å²) in [6.07, 6.45) is 1.90. The molecule has 2 atom stereocenters. The van der Waals surface area contributed by atoms with E-state index in [-0.39, 0.29) is 6.04 Å². The zero-order valence-corrected chi connectivity index (χ0v) is 14.8. The van der Waals surface area contributed by atoms with Gasteiger partial charge in [-0.3, -0.25) is 4.68 Å². The Kier molecular flexibility index (Phi) is 5.59. The summed E-state index contributed by atoms with van der Waals surface area (Å²) in [5.41, 5.74) is 2.56. The molecule has 0 bridgehead atoms. The maximum atomic E-state index is 4.52. The molecule has 1 heterocycles. The lowest BCUT2D eigenvalue weighted by molar-refractivity contribution is 0.412. The molecular formula is C17H24BrN3. The fourth-order valence-corrected chi connectivity index (χ4v) is 3.25. The molecule has 114 valence electrons. The first kappa shape index (κ1) is 16.2. The highest BCUT2D eigenvalue weighted by atomic mass is 79.9. The SMILES string of the molecule is CCNC(c1c(Br)cnn1C(C)C)C(C)c1ccccc1. The molecule has 0 saturated carbocycles. The van der Waals surface area contributed by atoms with E-state index < -0.39 is 0 Å². The molecule has 2 unspecified atom stereocenters. The van der Waals surface area contributed by atoms with Crippen LogP contribution in [-0.4, -0.2) is 16.3 Å². The minimum absolute atomic E-state index is 0.233. The molecule has 21 heavy (non-hydrogen) atoms. The van der Waals surface area contributed by atoms with Crippen molar-refractivity contribution in [1.29, 1.82) is 0 Å². The van der Waals surface area contributed by atoms with Crippen molar-refractivity contribution in [3.05, 3.63) is 52.3 Å². The monoisotopic (exact) mass is 349 g/mol. The van der Waals surface area contributed by atoms with Gasteiger partial charge in [0.05, 0.1) is 22.4 Å². The quantitative estimate of drug-likeness (QED) is 0.820. The molecular weight excluding hydrogens is 326 g/mol. The molecule has 2 aromatic rings. The van der Waals surface area contributed by atoms with Gasteiger partial charge < -0.3 is 5.32 Å². The van der Waals surface area contributed by atoms with Crippen LogP contribution in [0.1, 0.15) is 57.0 Å². The third-order valence-corrected chi connectivity index (χ3v) is 4.43. The normalized spacial score (nSPS) is 14.4. The van der Waals surface area contributed by atoms with Crippen molar-refractivity contribution in [1.82, 2.24) is 15.1 Å². The first-order chi connectivity index (χ1) is 10.1. The Balaban J connectivity index is 2.42. The van der Waals surface area contributed by atoms with E-state index in [9.17, 15) is 0 Å². The van der Waals surface area contributed by atoms with Crippen molar-refractivity contribution < 1.29 is 0 Å². The van der Waals surface area contributed by atoms with Crippen LogP contribution in [0.4, 0.5) is 0 Å². The Hall–Kier alpha value is -1.13. The smallest absolute Gasteiger partial charge is 0.0704 e. The average molecular weight is 350 g/mol. The molecule has 0 aliphatic carbocycles. The van der Waals surface area contributed by atoms with Crippen LogP contribution in [-0.2, 0) is 0 Å². The van der Waals surface area contributed by atoms with E-state index in [0.29, 0.717) is 12.0 Å². The highest BCUT2D eigenvalue weighted by Crippen LogP contribution is 2.35. The fraction of sp³-hybridized carbons (Fsp3) is 0.471. The van der Waals surface area contributed by atoms with Crippen molar-refractivity contribution in [2.75, 3.05) is 6.54 Å². The van der Waals surface area contributed by atoms with Crippen LogP contribution in [0.2, 0.25) is 0 Å². The van der Waals surface area contributed by atoms with E-state index in [1.807, 2.05) is 6.20 Å². The molecule has 4 heteroatoms. The zero-order valence-electron chi connectivity index (χ0n) is 13.2. The largest absolute Gasteiger partial charge is 0.308 e. The number of rotatable bonds is 6. The van der Waals surface area contributed by atoms with Gasteiger partial charge >= 0.3 is 0 Å². The van der Waals surface area contributed by atoms with E-state index in [4.69, 9.17) is 0 Å². The second-order valence-corrected chi connectivity index (χ2v) is 6.51. The summed E-state index contributed by atoms with van der Waals surface area (Å²) in [7, 11) is 0. The Bertz CT molecular complexity index is 563. The Morgan fingerprint density at radius 1 is 1.19 bits per heavy atom. The maximum Gasteiger partial charge on any atom is 0.0704 e. The van der Waals surface area contributed by atoms with Gasteiger partial charge in [0, 0.05) is 12.0 Å². The second kappa shape index (κ2) is 7.23. The van der Waals surface area contributed by atoms with E-state index in [1.54, 1.807) is 0 Å². The number of halogens is 1. The highest BCUT2D eigenvalue weighted by Gasteiger charge is 2.26. The molecule has 0 aliphatic heterocycles. The van der Waals surface area contributed by atoms with Gasteiger partial charge in [-0.25, -0.2) is 0 Å². The van der Waals surface area contributed by atoms with Crippen LogP contribution >= 0.6 is 15.9 Å². The predicted molar refractivity (Wildman–Crippen MR) is 91.6 cm³/mol. The molecule has 1 aromatic heterocycles. The standard InChI is InChI=1S/C17H24BrN3/c1-5-19-16(13(4)14-9-7-6-8-10-14)17-15(18)11-20-21(17)12(2)3/h6-13,16,19H,5H2,1-4H3. The number of hydrogen-bond donors (Lipinski definition) is 1. The van der Waals surface area contributed by atoms with E-state index >= 15 is 0 Å². The third kappa shape index (κ3) is 3.55. The summed E-state index contributed by atoms with van der Waals surface area (Å²) in [4.78, 5) is 0. The lowest BCUT2D eigenvalue weighted by Crippen LogP contribution is -2.29. The lowest BCUT2D eigenvalue weighted by Gasteiger charge is -2.27. The molecule has 0 saturated heterocycles. The molecule has 0 aliphatic rings. The van der Waals surface area contributed by atoms with Gasteiger partial charge in [0.15, 0.2) is 0 Å². The number of likely N-dealkylation sites (N-methyl/N-ethyl adjacent to an activating group) is 1. The van der Waals surface area contributed by atoms with Crippen LogP contribution in [0.25, 0.3) is 0 Å². The van der Waals surface area contributed by atoms with Gasteiger partial charge in [-0.15, -0.1) is 0 Å². The summed E-state index contributed by atoms with van der Waals surface area (Å²) in [6, 6.07) is 11.2. The molecule has 0 amide bonds. The minimum atomic E-state index is 0.233. The fourth-order valence-electron chi connectivity index (χ4n) is 2.73. The molecule has 1 N–H and O–H groups in total.